The third-order valence-electron chi connectivity index (χ3n) is 4.08. The second-order valence-electron chi connectivity index (χ2n) is 6.29. The first kappa shape index (κ1) is 14.4. The van der Waals surface area contributed by atoms with Crippen LogP contribution in [0, 0.1) is 26.7 Å². The van der Waals surface area contributed by atoms with Gasteiger partial charge in [-0.25, -0.2) is 0 Å². The first-order valence-electron chi connectivity index (χ1n) is 7.43. The Kier molecular flexibility index (Phi) is 4.51. The van der Waals surface area contributed by atoms with E-state index in [0.29, 0.717) is 18.1 Å². The summed E-state index contributed by atoms with van der Waals surface area (Å²) in [4.78, 5) is 0. The molecule has 1 aromatic rings. The van der Waals surface area contributed by atoms with Crippen molar-refractivity contribution in [2.75, 3.05) is 11.9 Å². The number of nitrogens with one attached hydrogen (secondary N) is 1. The first-order valence-corrected chi connectivity index (χ1v) is 7.43. The quantitative estimate of drug-likeness (QED) is 0.879. The molecular weight excluding hydrogens is 234 g/mol. The second kappa shape index (κ2) is 5.96. The number of ether oxygens (including phenoxy) is 1. The van der Waals surface area contributed by atoms with Gasteiger partial charge in [0, 0.05) is 18.3 Å². The van der Waals surface area contributed by atoms with E-state index in [1.165, 1.54) is 22.4 Å². The van der Waals surface area contributed by atoms with E-state index in [9.17, 15) is 0 Å². The summed E-state index contributed by atoms with van der Waals surface area (Å²) in [6.45, 7) is 11.9. The lowest BCUT2D eigenvalue weighted by Crippen LogP contribution is -2.36. The molecule has 0 aromatic heterocycles. The third kappa shape index (κ3) is 3.50. The van der Waals surface area contributed by atoms with Crippen LogP contribution in [-0.2, 0) is 4.74 Å². The molecule has 2 heteroatoms. The Labute approximate surface area is 117 Å². The molecule has 1 fully saturated rings. The van der Waals surface area contributed by atoms with Crippen LogP contribution in [0.4, 0.5) is 5.69 Å². The summed E-state index contributed by atoms with van der Waals surface area (Å²) in [5, 5.41) is 3.75. The number of rotatable bonds is 3. The largest absolute Gasteiger partial charge is 0.382 e. The number of aryl methyl sites for hydroxylation is 3. The zero-order valence-electron chi connectivity index (χ0n) is 12.9. The molecule has 19 heavy (non-hydrogen) atoms. The normalized spacial score (nSPS) is 23.7. The van der Waals surface area contributed by atoms with Crippen molar-refractivity contribution in [3.8, 4) is 0 Å². The Morgan fingerprint density at radius 2 is 1.79 bits per heavy atom. The molecule has 1 aliphatic rings. The predicted octanol–water partition coefficient (Wildman–Crippen LogP) is 4.23. The summed E-state index contributed by atoms with van der Waals surface area (Å²) in [6, 6.07) is 5.06. The molecule has 1 heterocycles. The fourth-order valence-corrected chi connectivity index (χ4v) is 3.04. The van der Waals surface area contributed by atoms with Crippen LogP contribution in [0.15, 0.2) is 12.1 Å². The van der Waals surface area contributed by atoms with Crippen molar-refractivity contribution in [2.45, 2.75) is 59.6 Å². The first-order chi connectivity index (χ1) is 8.97. The monoisotopic (exact) mass is 261 g/mol. The standard InChI is InChI=1S/C17H27NO/c1-11(2)16-10-15(6-7-19-16)18-17-13(4)8-12(3)9-14(17)5/h8-9,11,15-16,18H,6-7,10H2,1-5H3. The Morgan fingerprint density at radius 1 is 1.16 bits per heavy atom. The Morgan fingerprint density at radius 3 is 2.37 bits per heavy atom. The van der Waals surface area contributed by atoms with Crippen LogP contribution in [-0.4, -0.2) is 18.8 Å². The van der Waals surface area contributed by atoms with Gasteiger partial charge >= 0.3 is 0 Å². The third-order valence-corrected chi connectivity index (χ3v) is 4.08. The zero-order chi connectivity index (χ0) is 14.0. The van der Waals surface area contributed by atoms with Crippen LogP contribution >= 0.6 is 0 Å². The molecular formula is C17H27NO. The van der Waals surface area contributed by atoms with Gasteiger partial charge in [0.2, 0.25) is 0 Å². The highest BCUT2D eigenvalue weighted by atomic mass is 16.5. The smallest absolute Gasteiger partial charge is 0.0617 e. The molecule has 1 aromatic carbocycles. The Balaban J connectivity index is 2.09. The molecule has 0 spiro atoms. The number of hydrogen-bond donors (Lipinski definition) is 1. The fourth-order valence-electron chi connectivity index (χ4n) is 3.04. The van der Waals surface area contributed by atoms with Crippen LogP contribution in [0.3, 0.4) is 0 Å². The zero-order valence-corrected chi connectivity index (χ0v) is 12.9. The predicted molar refractivity (Wildman–Crippen MR) is 81.9 cm³/mol. The molecule has 2 nitrogen and oxygen atoms in total. The van der Waals surface area contributed by atoms with Crippen LogP contribution < -0.4 is 5.32 Å². The molecule has 0 amide bonds. The molecule has 0 saturated carbocycles. The molecule has 1 saturated heterocycles. The van der Waals surface area contributed by atoms with Gasteiger partial charge in [-0.2, -0.15) is 0 Å². The SMILES string of the molecule is Cc1cc(C)c(NC2CCOC(C(C)C)C2)c(C)c1. The van der Waals surface area contributed by atoms with Crippen LogP contribution in [0.25, 0.3) is 0 Å². The lowest BCUT2D eigenvalue weighted by Gasteiger charge is -2.33. The lowest BCUT2D eigenvalue weighted by atomic mass is 9.94. The van der Waals surface area contributed by atoms with E-state index < -0.39 is 0 Å². The van der Waals surface area contributed by atoms with Gasteiger partial charge in [-0.05, 0) is 50.7 Å². The molecule has 1 aliphatic heterocycles. The van der Waals surface area contributed by atoms with Gasteiger partial charge in [0.05, 0.1) is 6.10 Å². The van der Waals surface area contributed by atoms with Crippen molar-refractivity contribution >= 4 is 5.69 Å². The van der Waals surface area contributed by atoms with E-state index in [-0.39, 0.29) is 0 Å². The van der Waals surface area contributed by atoms with Gasteiger partial charge in [-0.15, -0.1) is 0 Å². The Bertz CT molecular complexity index is 416. The van der Waals surface area contributed by atoms with Gasteiger partial charge in [0.1, 0.15) is 0 Å². The average Bonchev–Trinajstić information content (AvgIpc) is 2.34. The van der Waals surface area contributed by atoms with E-state index in [0.717, 1.165) is 19.4 Å². The van der Waals surface area contributed by atoms with E-state index in [1.54, 1.807) is 0 Å². The summed E-state index contributed by atoms with van der Waals surface area (Å²) in [5.41, 5.74) is 5.36. The molecule has 1 N–H and O–H groups in total. The average molecular weight is 261 g/mol. The molecule has 2 unspecified atom stereocenters. The van der Waals surface area contributed by atoms with E-state index in [1.807, 2.05) is 0 Å². The van der Waals surface area contributed by atoms with Crippen LogP contribution in [0.2, 0.25) is 0 Å². The number of benzene rings is 1. The molecule has 2 atom stereocenters. The van der Waals surface area contributed by atoms with Crippen molar-refractivity contribution in [2.24, 2.45) is 5.92 Å². The van der Waals surface area contributed by atoms with Gasteiger partial charge in [0.15, 0.2) is 0 Å². The maximum atomic E-state index is 5.85. The summed E-state index contributed by atoms with van der Waals surface area (Å²) in [5.74, 6) is 0.602. The van der Waals surface area contributed by atoms with Crippen LogP contribution in [0.5, 0.6) is 0 Å². The number of anilines is 1. The van der Waals surface area contributed by atoms with Crippen LogP contribution in [0.1, 0.15) is 43.4 Å². The minimum Gasteiger partial charge on any atom is -0.382 e. The van der Waals surface area contributed by atoms with E-state index in [4.69, 9.17) is 4.74 Å². The maximum absolute atomic E-state index is 5.85. The minimum atomic E-state index is 0.400. The van der Waals surface area contributed by atoms with Gasteiger partial charge < -0.3 is 10.1 Å². The maximum Gasteiger partial charge on any atom is 0.0617 e. The Hall–Kier alpha value is -1.02. The highest BCUT2D eigenvalue weighted by Gasteiger charge is 2.25. The van der Waals surface area contributed by atoms with Gasteiger partial charge in [0.25, 0.3) is 0 Å². The molecule has 2 rings (SSSR count). The van der Waals surface area contributed by atoms with Crippen molar-refractivity contribution in [1.82, 2.24) is 0 Å². The summed E-state index contributed by atoms with van der Waals surface area (Å²) in [6.07, 6.45) is 2.62. The van der Waals surface area contributed by atoms with Gasteiger partial charge in [-0.3, -0.25) is 0 Å². The summed E-state index contributed by atoms with van der Waals surface area (Å²) >= 11 is 0. The number of hydrogen-bond acceptors (Lipinski definition) is 2. The second-order valence-corrected chi connectivity index (χ2v) is 6.29. The highest BCUT2D eigenvalue weighted by Crippen LogP contribution is 2.27. The van der Waals surface area contributed by atoms with Crippen molar-refractivity contribution < 1.29 is 4.74 Å². The molecule has 106 valence electrons. The summed E-state index contributed by atoms with van der Waals surface area (Å²) in [7, 11) is 0. The van der Waals surface area contributed by atoms with Crippen molar-refractivity contribution in [3.63, 3.8) is 0 Å². The topological polar surface area (TPSA) is 21.3 Å². The van der Waals surface area contributed by atoms with Crippen molar-refractivity contribution in [1.29, 1.82) is 0 Å². The highest BCUT2D eigenvalue weighted by molar-refractivity contribution is 5.58. The summed E-state index contributed by atoms with van der Waals surface area (Å²) < 4.78 is 5.85. The molecule has 0 aliphatic carbocycles. The molecule has 0 radical (unpaired) electrons. The van der Waals surface area contributed by atoms with Crippen molar-refractivity contribution in [3.05, 3.63) is 28.8 Å². The lowest BCUT2D eigenvalue weighted by molar-refractivity contribution is -0.0160. The molecule has 0 bridgehead atoms. The van der Waals surface area contributed by atoms with Gasteiger partial charge in [-0.1, -0.05) is 31.5 Å². The van der Waals surface area contributed by atoms with E-state index >= 15 is 0 Å². The minimum absolute atomic E-state index is 0.400. The van der Waals surface area contributed by atoms with E-state index in [2.05, 4.69) is 52.1 Å². The fraction of sp³-hybridized carbons (Fsp3) is 0.647.